The van der Waals surface area contributed by atoms with E-state index in [1.165, 1.54) is 11.3 Å². The molecule has 1 fully saturated rings. The molecule has 26 heavy (non-hydrogen) atoms. The molecule has 0 atom stereocenters. The Hall–Kier alpha value is -2.68. The summed E-state index contributed by atoms with van der Waals surface area (Å²) in [6.07, 6.45) is -2.35. The maximum atomic E-state index is 12.6. The van der Waals surface area contributed by atoms with Crippen LogP contribution < -0.4 is 5.32 Å². The van der Waals surface area contributed by atoms with E-state index in [-0.39, 0.29) is 5.56 Å². The molecule has 3 aromatic rings. The zero-order valence-corrected chi connectivity index (χ0v) is 14.0. The Morgan fingerprint density at radius 3 is 2.58 bits per heavy atom. The lowest BCUT2D eigenvalue weighted by Crippen LogP contribution is -2.13. The molecule has 5 nitrogen and oxygen atoms in total. The van der Waals surface area contributed by atoms with Gasteiger partial charge in [-0.05, 0) is 48.6 Å². The third-order valence-corrected chi connectivity index (χ3v) is 4.87. The number of carbonyl (C=O) groups excluding carboxylic acids is 1. The average molecular weight is 379 g/mol. The Morgan fingerprint density at radius 2 is 1.92 bits per heavy atom. The summed E-state index contributed by atoms with van der Waals surface area (Å²) in [6, 6.07) is 5.72. The van der Waals surface area contributed by atoms with Crippen molar-refractivity contribution in [2.45, 2.75) is 24.9 Å². The van der Waals surface area contributed by atoms with Crippen molar-refractivity contribution in [2.75, 3.05) is 5.32 Å². The van der Waals surface area contributed by atoms with Crippen molar-refractivity contribution >= 4 is 22.9 Å². The number of rotatable bonds is 4. The number of hydrogen-bond donors (Lipinski definition) is 1. The molecule has 0 radical (unpaired) electrons. The first-order valence-electron chi connectivity index (χ1n) is 7.82. The molecule has 4 rings (SSSR count). The van der Waals surface area contributed by atoms with Gasteiger partial charge in [0, 0.05) is 11.5 Å². The second-order valence-electron chi connectivity index (χ2n) is 5.92. The van der Waals surface area contributed by atoms with Crippen LogP contribution in [0.15, 0.2) is 40.2 Å². The third-order valence-electron chi connectivity index (χ3n) is 3.97. The van der Waals surface area contributed by atoms with E-state index in [0.717, 1.165) is 37.1 Å². The highest BCUT2D eigenvalue weighted by Gasteiger charge is 2.31. The van der Waals surface area contributed by atoms with Crippen LogP contribution in [0.5, 0.6) is 0 Å². The molecule has 1 saturated carbocycles. The lowest BCUT2D eigenvalue weighted by molar-refractivity contribution is -0.137. The normalized spacial score (nSPS) is 14.4. The molecular formula is C17H12F3N3O2S. The Balaban J connectivity index is 1.52. The Labute approximate surface area is 149 Å². The molecular weight excluding hydrogens is 367 g/mol. The van der Waals surface area contributed by atoms with Gasteiger partial charge >= 0.3 is 6.18 Å². The molecule has 1 amide bonds. The number of nitrogens with zero attached hydrogens (tertiary/aromatic N) is 2. The van der Waals surface area contributed by atoms with E-state index in [1.807, 2.05) is 0 Å². The largest absolute Gasteiger partial charge is 0.416 e. The molecule has 1 aromatic carbocycles. The monoisotopic (exact) mass is 379 g/mol. The standard InChI is InChI=1S/C17H12F3N3O2S/c18-17(19,20)11-5-3-10(4-6-11)15(24)21-12-7-8-26-13(12)16-22-14(23-25-16)9-1-2-9/h3-9H,1-2H2,(H,21,24). The summed E-state index contributed by atoms with van der Waals surface area (Å²) in [7, 11) is 0. The van der Waals surface area contributed by atoms with E-state index in [0.29, 0.717) is 28.2 Å². The van der Waals surface area contributed by atoms with Gasteiger partial charge in [0.15, 0.2) is 5.82 Å². The topological polar surface area (TPSA) is 68.0 Å². The van der Waals surface area contributed by atoms with Gasteiger partial charge in [0.1, 0.15) is 4.88 Å². The number of amides is 1. The summed E-state index contributed by atoms with van der Waals surface area (Å²) in [5.74, 6) is 0.816. The highest BCUT2D eigenvalue weighted by atomic mass is 32.1. The van der Waals surface area contributed by atoms with Gasteiger partial charge in [-0.1, -0.05) is 5.16 Å². The number of aromatic nitrogens is 2. The van der Waals surface area contributed by atoms with E-state index in [2.05, 4.69) is 15.5 Å². The number of halogens is 3. The van der Waals surface area contributed by atoms with Gasteiger partial charge in [-0.2, -0.15) is 18.2 Å². The Morgan fingerprint density at radius 1 is 1.19 bits per heavy atom. The minimum absolute atomic E-state index is 0.124. The van der Waals surface area contributed by atoms with Crippen LogP contribution in [0.25, 0.3) is 10.8 Å². The predicted molar refractivity (Wildman–Crippen MR) is 89.0 cm³/mol. The van der Waals surface area contributed by atoms with Crippen LogP contribution in [0.3, 0.4) is 0 Å². The van der Waals surface area contributed by atoms with Crippen LogP contribution in [-0.2, 0) is 6.18 Å². The number of nitrogens with one attached hydrogen (secondary N) is 1. The summed E-state index contributed by atoms with van der Waals surface area (Å²) in [4.78, 5) is 17.3. The van der Waals surface area contributed by atoms with Crippen LogP contribution in [0.2, 0.25) is 0 Å². The van der Waals surface area contributed by atoms with E-state index in [4.69, 9.17) is 4.52 Å². The first-order chi connectivity index (χ1) is 12.4. The van der Waals surface area contributed by atoms with Gasteiger partial charge in [0.25, 0.3) is 11.8 Å². The van der Waals surface area contributed by atoms with E-state index in [1.54, 1.807) is 11.4 Å². The predicted octanol–water partition coefficient (Wildman–Crippen LogP) is 4.95. The van der Waals surface area contributed by atoms with Gasteiger partial charge in [-0.25, -0.2) is 0 Å². The van der Waals surface area contributed by atoms with E-state index >= 15 is 0 Å². The summed E-state index contributed by atoms with van der Waals surface area (Å²) < 4.78 is 43.1. The van der Waals surface area contributed by atoms with Crippen LogP contribution in [-0.4, -0.2) is 16.0 Å². The van der Waals surface area contributed by atoms with Crippen LogP contribution in [0, 0.1) is 0 Å². The van der Waals surface area contributed by atoms with Crippen LogP contribution in [0.1, 0.15) is 40.5 Å². The maximum Gasteiger partial charge on any atom is 0.416 e. The summed E-state index contributed by atoms with van der Waals surface area (Å²) >= 11 is 1.33. The minimum atomic E-state index is -4.44. The number of thiophene rings is 1. The molecule has 0 unspecified atom stereocenters. The zero-order chi connectivity index (χ0) is 18.3. The molecule has 0 spiro atoms. The second kappa shape index (κ2) is 6.24. The Kier molecular flexibility index (Phi) is 4.03. The van der Waals surface area contributed by atoms with Gasteiger partial charge in [0.05, 0.1) is 11.3 Å². The molecule has 2 aromatic heterocycles. The first-order valence-corrected chi connectivity index (χ1v) is 8.70. The van der Waals surface area contributed by atoms with Crippen molar-refractivity contribution in [1.29, 1.82) is 0 Å². The molecule has 1 aliphatic carbocycles. The number of alkyl halides is 3. The smallest absolute Gasteiger partial charge is 0.333 e. The quantitative estimate of drug-likeness (QED) is 0.697. The second-order valence-corrected chi connectivity index (χ2v) is 6.84. The van der Waals surface area contributed by atoms with Gasteiger partial charge in [-0.15, -0.1) is 11.3 Å². The van der Waals surface area contributed by atoms with Crippen molar-refractivity contribution in [3.05, 3.63) is 52.7 Å². The average Bonchev–Trinajstić information content (AvgIpc) is 3.16. The minimum Gasteiger partial charge on any atom is -0.333 e. The summed E-state index contributed by atoms with van der Waals surface area (Å²) in [5, 5.41) is 8.39. The number of carbonyl (C=O) groups is 1. The molecule has 0 aliphatic heterocycles. The summed E-state index contributed by atoms with van der Waals surface area (Å²) in [5.41, 5.74) is -0.200. The van der Waals surface area contributed by atoms with Gasteiger partial charge in [-0.3, -0.25) is 4.79 Å². The lowest BCUT2D eigenvalue weighted by Gasteiger charge is -2.08. The maximum absolute atomic E-state index is 12.6. The van der Waals surface area contributed by atoms with Gasteiger partial charge < -0.3 is 9.84 Å². The third kappa shape index (κ3) is 3.34. The molecule has 1 N–H and O–H groups in total. The number of hydrogen-bond acceptors (Lipinski definition) is 5. The molecule has 0 bridgehead atoms. The fourth-order valence-corrected chi connectivity index (χ4v) is 3.18. The van der Waals surface area contributed by atoms with E-state index < -0.39 is 17.6 Å². The van der Waals surface area contributed by atoms with Crippen LogP contribution >= 0.6 is 11.3 Å². The Bertz CT molecular complexity index is 943. The number of benzene rings is 1. The van der Waals surface area contributed by atoms with Gasteiger partial charge in [0.2, 0.25) is 0 Å². The van der Waals surface area contributed by atoms with E-state index in [9.17, 15) is 18.0 Å². The van der Waals surface area contributed by atoms with Crippen molar-refractivity contribution < 1.29 is 22.5 Å². The number of anilines is 1. The fraction of sp³-hybridized carbons (Fsp3) is 0.235. The molecule has 9 heteroatoms. The van der Waals surface area contributed by atoms with Crippen molar-refractivity contribution in [1.82, 2.24) is 10.1 Å². The highest BCUT2D eigenvalue weighted by Crippen LogP contribution is 2.40. The lowest BCUT2D eigenvalue weighted by atomic mass is 10.1. The van der Waals surface area contributed by atoms with Crippen molar-refractivity contribution in [3.8, 4) is 10.8 Å². The SMILES string of the molecule is O=C(Nc1ccsc1-c1nc(C2CC2)no1)c1ccc(C(F)(F)F)cc1. The fourth-order valence-electron chi connectivity index (χ4n) is 2.41. The van der Waals surface area contributed by atoms with Crippen LogP contribution in [0.4, 0.5) is 18.9 Å². The molecule has 134 valence electrons. The zero-order valence-electron chi connectivity index (χ0n) is 13.2. The van der Waals surface area contributed by atoms with Crippen molar-refractivity contribution in [3.63, 3.8) is 0 Å². The van der Waals surface area contributed by atoms with Crippen molar-refractivity contribution in [2.24, 2.45) is 0 Å². The first kappa shape index (κ1) is 16.8. The molecule has 0 saturated heterocycles. The summed E-state index contributed by atoms with van der Waals surface area (Å²) in [6.45, 7) is 0. The molecule has 2 heterocycles. The highest BCUT2D eigenvalue weighted by molar-refractivity contribution is 7.14. The molecule has 1 aliphatic rings.